The van der Waals surface area contributed by atoms with Crippen molar-refractivity contribution in [2.24, 2.45) is 0 Å². The third kappa shape index (κ3) is 3.71. The molecule has 0 bridgehead atoms. The van der Waals surface area contributed by atoms with Crippen molar-refractivity contribution in [3.63, 3.8) is 0 Å². The third-order valence-corrected chi connectivity index (χ3v) is 4.44. The van der Waals surface area contributed by atoms with Gasteiger partial charge in [-0.1, -0.05) is 6.42 Å². The molecule has 0 aromatic rings. The summed E-state index contributed by atoms with van der Waals surface area (Å²) in [5.41, 5.74) is 0. The Morgan fingerprint density at radius 1 is 1.33 bits per heavy atom. The Bertz CT molecular complexity index is 279. The molecule has 15 heavy (non-hydrogen) atoms. The molecule has 1 aliphatic rings. The molecule has 1 fully saturated rings. The highest BCUT2D eigenvalue weighted by molar-refractivity contribution is 7.87. The van der Waals surface area contributed by atoms with E-state index in [1.807, 2.05) is 6.92 Å². The quantitative estimate of drug-likeness (QED) is 0.655. The van der Waals surface area contributed by atoms with Gasteiger partial charge in [-0.05, 0) is 26.8 Å². The molecule has 1 unspecified atom stereocenters. The van der Waals surface area contributed by atoms with Gasteiger partial charge in [-0.2, -0.15) is 12.7 Å². The first-order chi connectivity index (χ1) is 7.08. The average molecular weight is 235 g/mol. The molecule has 0 amide bonds. The van der Waals surface area contributed by atoms with Crippen LogP contribution in [-0.4, -0.2) is 45.4 Å². The van der Waals surface area contributed by atoms with Crippen molar-refractivity contribution in [3.8, 4) is 0 Å². The zero-order chi connectivity index (χ0) is 11.3. The van der Waals surface area contributed by atoms with E-state index in [1.165, 1.54) is 0 Å². The van der Waals surface area contributed by atoms with Gasteiger partial charge in [0.15, 0.2) is 0 Å². The zero-order valence-corrected chi connectivity index (χ0v) is 10.3. The molecule has 0 aliphatic carbocycles. The van der Waals surface area contributed by atoms with Gasteiger partial charge >= 0.3 is 0 Å². The Balaban J connectivity index is 2.51. The fourth-order valence-electron chi connectivity index (χ4n) is 1.82. The largest absolute Gasteiger partial charge is 0.318 e. The number of nitrogens with zero attached hydrogens (tertiary/aromatic N) is 1. The van der Waals surface area contributed by atoms with E-state index in [-0.39, 0.29) is 6.04 Å². The van der Waals surface area contributed by atoms with Crippen molar-refractivity contribution >= 4 is 10.2 Å². The molecule has 6 heteroatoms. The molecule has 0 aromatic heterocycles. The molecule has 1 saturated heterocycles. The van der Waals surface area contributed by atoms with E-state index in [2.05, 4.69) is 10.0 Å². The maximum absolute atomic E-state index is 11.9. The van der Waals surface area contributed by atoms with Crippen LogP contribution in [0.5, 0.6) is 0 Å². The number of hydrogen-bond acceptors (Lipinski definition) is 3. The number of likely N-dealkylation sites (N-methyl/N-ethyl adjacent to an activating group) is 1. The van der Waals surface area contributed by atoms with Crippen molar-refractivity contribution in [2.45, 2.75) is 32.2 Å². The van der Waals surface area contributed by atoms with Crippen LogP contribution in [0, 0.1) is 0 Å². The fourth-order valence-corrected chi connectivity index (χ4v) is 3.29. The maximum Gasteiger partial charge on any atom is 0.279 e. The molecule has 90 valence electrons. The molecule has 0 saturated carbocycles. The Morgan fingerprint density at radius 3 is 2.67 bits per heavy atom. The summed E-state index contributed by atoms with van der Waals surface area (Å²) < 4.78 is 27.9. The summed E-state index contributed by atoms with van der Waals surface area (Å²) >= 11 is 0. The molecule has 1 heterocycles. The second-order valence-corrected chi connectivity index (χ2v) is 5.67. The lowest BCUT2D eigenvalue weighted by Gasteiger charge is -2.32. The molecular weight excluding hydrogens is 214 g/mol. The number of rotatable bonds is 5. The molecular formula is C9H21N3O2S. The minimum atomic E-state index is -3.26. The average Bonchev–Trinajstić information content (AvgIpc) is 2.18. The first kappa shape index (κ1) is 12.9. The first-order valence-corrected chi connectivity index (χ1v) is 6.93. The Morgan fingerprint density at radius 2 is 2.07 bits per heavy atom. The number of piperidine rings is 1. The lowest BCUT2D eigenvalue weighted by Crippen LogP contribution is -2.48. The van der Waals surface area contributed by atoms with Crippen LogP contribution >= 0.6 is 0 Å². The summed E-state index contributed by atoms with van der Waals surface area (Å²) in [6, 6.07) is 0.130. The summed E-state index contributed by atoms with van der Waals surface area (Å²) in [6.07, 6.45) is 3.06. The van der Waals surface area contributed by atoms with E-state index in [4.69, 9.17) is 0 Å². The number of hydrogen-bond donors (Lipinski definition) is 2. The van der Waals surface area contributed by atoms with Crippen molar-refractivity contribution < 1.29 is 8.42 Å². The minimum Gasteiger partial charge on any atom is -0.318 e. The van der Waals surface area contributed by atoms with Crippen LogP contribution in [0.15, 0.2) is 0 Å². The number of nitrogens with one attached hydrogen (secondary N) is 2. The van der Waals surface area contributed by atoms with E-state index >= 15 is 0 Å². The van der Waals surface area contributed by atoms with Crippen molar-refractivity contribution in [3.05, 3.63) is 0 Å². The van der Waals surface area contributed by atoms with Gasteiger partial charge in [0.1, 0.15) is 0 Å². The highest BCUT2D eigenvalue weighted by Crippen LogP contribution is 2.18. The highest BCUT2D eigenvalue weighted by atomic mass is 32.2. The Labute approximate surface area is 92.4 Å². The second kappa shape index (κ2) is 5.79. The van der Waals surface area contributed by atoms with Gasteiger partial charge in [-0.3, -0.25) is 0 Å². The summed E-state index contributed by atoms with van der Waals surface area (Å²) in [5.74, 6) is 0. The predicted octanol–water partition coefficient (Wildman–Crippen LogP) is -0.0854. The van der Waals surface area contributed by atoms with Crippen LogP contribution in [0.2, 0.25) is 0 Å². The molecule has 2 N–H and O–H groups in total. The van der Waals surface area contributed by atoms with Gasteiger partial charge in [0.05, 0.1) is 0 Å². The minimum absolute atomic E-state index is 0.130. The fraction of sp³-hybridized carbons (Fsp3) is 1.00. The zero-order valence-electron chi connectivity index (χ0n) is 9.49. The molecule has 0 aromatic carbocycles. The summed E-state index contributed by atoms with van der Waals surface area (Å²) in [6.45, 7) is 3.72. The van der Waals surface area contributed by atoms with Gasteiger partial charge < -0.3 is 5.32 Å². The molecule has 0 radical (unpaired) electrons. The molecule has 0 spiro atoms. The normalized spacial score (nSPS) is 24.3. The van der Waals surface area contributed by atoms with Crippen LogP contribution in [0.4, 0.5) is 0 Å². The van der Waals surface area contributed by atoms with Gasteiger partial charge in [-0.15, -0.1) is 0 Å². The van der Waals surface area contributed by atoms with Crippen molar-refractivity contribution in [1.29, 1.82) is 0 Å². The molecule has 1 rings (SSSR count). The topological polar surface area (TPSA) is 61.4 Å². The molecule has 1 aliphatic heterocycles. The van der Waals surface area contributed by atoms with E-state index in [0.717, 1.165) is 19.3 Å². The van der Waals surface area contributed by atoms with Gasteiger partial charge in [0.25, 0.3) is 10.2 Å². The summed E-state index contributed by atoms with van der Waals surface area (Å²) in [7, 11) is -1.46. The lowest BCUT2D eigenvalue weighted by atomic mass is 10.1. The standard InChI is InChI=1S/C9H21N3O2S/c1-9-5-3-4-8-12(9)15(13,14)11-7-6-10-2/h9-11H,3-8H2,1-2H3. The van der Waals surface area contributed by atoms with E-state index in [9.17, 15) is 8.42 Å². The van der Waals surface area contributed by atoms with Crippen LogP contribution in [0.25, 0.3) is 0 Å². The van der Waals surface area contributed by atoms with Gasteiger partial charge in [0.2, 0.25) is 0 Å². The van der Waals surface area contributed by atoms with Gasteiger partial charge in [0, 0.05) is 25.7 Å². The van der Waals surface area contributed by atoms with Crippen LogP contribution in [-0.2, 0) is 10.2 Å². The Hall–Kier alpha value is -0.170. The SMILES string of the molecule is CNCCNS(=O)(=O)N1CCCCC1C. The monoisotopic (exact) mass is 235 g/mol. The van der Waals surface area contributed by atoms with Gasteiger partial charge in [-0.25, -0.2) is 4.72 Å². The van der Waals surface area contributed by atoms with E-state index in [0.29, 0.717) is 19.6 Å². The summed E-state index contributed by atoms with van der Waals surface area (Å²) in [4.78, 5) is 0. The Kier molecular flexibility index (Phi) is 4.98. The van der Waals surface area contributed by atoms with E-state index < -0.39 is 10.2 Å². The van der Waals surface area contributed by atoms with Crippen LogP contribution < -0.4 is 10.0 Å². The van der Waals surface area contributed by atoms with Crippen LogP contribution in [0.1, 0.15) is 26.2 Å². The van der Waals surface area contributed by atoms with Crippen molar-refractivity contribution in [2.75, 3.05) is 26.7 Å². The predicted molar refractivity (Wildman–Crippen MR) is 60.9 cm³/mol. The first-order valence-electron chi connectivity index (χ1n) is 5.49. The van der Waals surface area contributed by atoms with Crippen molar-refractivity contribution in [1.82, 2.24) is 14.3 Å². The molecule has 1 atom stereocenters. The second-order valence-electron chi connectivity index (χ2n) is 3.96. The molecule has 5 nitrogen and oxygen atoms in total. The van der Waals surface area contributed by atoms with E-state index in [1.54, 1.807) is 11.4 Å². The third-order valence-electron chi connectivity index (χ3n) is 2.71. The summed E-state index contributed by atoms with van der Waals surface area (Å²) in [5, 5.41) is 2.91. The smallest absolute Gasteiger partial charge is 0.279 e. The highest BCUT2D eigenvalue weighted by Gasteiger charge is 2.28. The maximum atomic E-state index is 11.9. The van der Waals surface area contributed by atoms with Crippen LogP contribution in [0.3, 0.4) is 0 Å². The lowest BCUT2D eigenvalue weighted by molar-refractivity contribution is 0.265.